The lowest BCUT2D eigenvalue weighted by molar-refractivity contribution is -0.137. The molecule has 2 saturated heterocycles. The zero-order chi connectivity index (χ0) is 29.8. The van der Waals surface area contributed by atoms with Crippen LogP contribution in [0, 0.1) is 0 Å². The Morgan fingerprint density at radius 2 is 1.54 bits per heavy atom. The standard InChI is InChI=1S/C31H41F3N4O3/c1-29(2,3)35(4)28(40)41-23-30(24-9-8-10-25(21-24)31(32,33)34)13-15-38(16-14-30)27(39)22-36-17-19-37(20-18-36)26-11-6-5-7-12-26/h5-12,21H,13-20,22-23H2,1-4H3. The van der Waals surface area contributed by atoms with E-state index in [1.165, 1.54) is 16.7 Å². The SMILES string of the molecule is CN(C(=O)OCC1(c2cccc(C(F)(F)F)c2)CCN(C(=O)CN2CCN(c3ccccc3)CC2)CC1)C(C)(C)C. The van der Waals surface area contributed by atoms with Gasteiger partial charge in [0.15, 0.2) is 0 Å². The first-order chi connectivity index (χ1) is 19.3. The molecule has 0 unspecified atom stereocenters. The van der Waals surface area contributed by atoms with Gasteiger partial charge in [-0.1, -0.05) is 36.4 Å². The zero-order valence-corrected chi connectivity index (χ0v) is 24.4. The average molecular weight is 575 g/mol. The Labute approximate surface area is 240 Å². The van der Waals surface area contributed by atoms with Crippen molar-refractivity contribution >= 4 is 17.7 Å². The zero-order valence-electron chi connectivity index (χ0n) is 24.4. The molecule has 0 aliphatic carbocycles. The van der Waals surface area contributed by atoms with Crippen LogP contribution in [0.2, 0.25) is 0 Å². The van der Waals surface area contributed by atoms with Gasteiger partial charge >= 0.3 is 12.3 Å². The number of piperazine rings is 1. The van der Waals surface area contributed by atoms with Crippen molar-refractivity contribution in [3.8, 4) is 0 Å². The van der Waals surface area contributed by atoms with Crippen molar-refractivity contribution in [2.45, 2.75) is 50.7 Å². The van der Waals surface area contributed by atoms with Crippen molar-refractivity contribution in [3.63, 3.8) is 0 Å². The molecule has 0 spiro atoms. The fourth-order valence-corrected chi connectivity index (χ4v) is 5.39. The summed E-state index contributed by atoms with van der Waals surface area (Å²) in [7, 11) is 1.64. The maximum absolute atomic E-state index is 13.6. The molecule has 2 fully saturated rings. The van der Waals surface area contributed by atoms with Crippen LogP contribution >= 0.6 is 0 Å². The molecule has 2 heterocycles. The van der Waals surface area contributed by atoms with Gasteiger partial charge in [-0.25, -0.2) is 4.79 Å². The molecule has 0 radical (unpaired) electrons. The number of piperidine rings is 1. The molecule has 2 aliphatic rings. The topological polar surface area (TPSA) is 56.3 Å². The number of alkyl halides is 3. The lowest BCUT2D eigenvalue weighted by Gasteiger charge is -2.43. The van der Waals surface area contributed by atoms with Gasteiger partial charge in [0, 0.05) is 63.0 Å². The van der Waals surface area contributed by atoms with Crippen LogP contribution in [0.4, 0.5) is 23.7 Å². The van der Waals surface area contributed by atoms with Gasteiger partial charge in [-0.3, -0.25) is 9.69 Å². The molecule has 0 saturated carbocycles. The summed E-state index contributed by atoms with van der Waals surface area (Å²) in [5, 5.41) is 0. The van der Waals surface area contributed by atoms with Gasteiger partial charge in [0.25, 0.3) is 0 Å². The third-order valence-electron chi connectivity index (χ3n) is 8.48. The Kier molecular flexibility index (Phi) is 9.21. The summed E-state index contributed by atoms with van der Waals surface area (Å²) >= 11 is 0. The molecule has 2 aromatic rings. The first-order valence-electron chi connectivity index (χ1n) is 14.2. The molecule has 0 N–H and O–H groups in total. The number of benzene rings is 2. The molecule has 2 aromatic carbocycles. The van der Waals surface area contributed by atoms with Gasteiger partial charge in [0.05, 0.1) is 12.1 Å². The van der Waals surface area contributed by atoms with Crippen molar-refractivity contribution in [2.24, 2.45) is 0 Å². The van der Waals surface area contributed by atoms with E-state index >= 15 is 0 Å². The number of nitrogens with zero attached hydrogens (tertiary/aromatic N) is 4. The van der Waals surface area contributed by atoms with Gasteiger partial charge in [0.1, 0.15) is 6.61 Å². The van der Waals surface area contributed by atoms with Crippen LogP contribution in [0.25, 0.3) is 0 Å². The lowest BCUT2D eigenvalue weighted by Crippen LogP contribution is -2.53. The number of amides is 2. The predicted octanol–water partition coefficient (Wildman–Crippen LogP) is 5.25. The summed E-state index contributed by atoms with van der Waals surface area (Å²) in [6.07, 6.45) is -4.22. The van der Waals surface area contributed by atoms with E-state index in [9.17, 15) is 22.8 Å². The maximum atomic E-state index is 13.6. The second kappa shape index (κ2) is 12.3. The monoisotopic (exact) mass is 574 g/mol. The van der Waals surface area contributed by atoms with E-state index in [-0.39, 0.29) is 12.5 Å². The number of carbonyl (C=O) groups is 2. The third-order valence-corrected chi connectivity index (χ3v) is 8.48. The number of ether oxygens (including phenoxy) is 1. The first-order valence-corrected chi connectivity index (χ1v) is 14.2. The predicted molar refractivity (Wildman–Crippen MR) is 153 cm³/mol. The van der Waals surface area contributed by atoms with E-state index in [2.05, 4.69) is 21.9 Å². The van der Waals surface area contributed by atoms with Crippen LogP contribution in [0.15, 0.2) is 54.6 Å². The lowest BCUT2D eigenvalue weighted by atomic mass is 9.73. The fourth-order valence-electron chi connectivity index (χ4n) is 5.39. The molecule has 2 amide bonds. The molecule has 0 bridgehead atoms. The highest BCUT2D eigenvalue weighted by Gasteiger charge is 2.41. The molecule has 4 rings (SSSR count). The second-order valence-electron chi connectivity index (χ2n) is 12.1. The molecule has 41 heavy (non-hydrogen) atoms. The number of anilines is 1. The van der Waals surface area contributed by atoms with E-state index in [0.29, 0.717) is 38.0 Å². The molecule has 2 aliphatic heterocycles. The number of hydrogen-bond donors (Lipinski definition) is 0. The molecular formula is C31H41F3N4O3. The minimum absolute atomic E-state index is 0.0141. The summed E-state index contributed by atoms with van der Waals surface area (Å²) in [6.45, 7) is 9.88. The van der Waals surface area contributed by atoms with Crippen LogP contribution in [-0.4, -0.2) is 91.7 Å². The normalized spacial score (nSPS) is 18.2. The van der Waals surface area contributed by atoms with Gasteiger partial charge in [-0.15, -0.1) is 0 Å². The number of carbonyl (C=O) groups excluding carboxylic acids is 2. The van der Waals surface area contributed by atoms with Crippen molar-refractivity contribution in [2.75, 3.05) is 64.4 Å². The van der Waals surface area contributed by atoms with E-state index in [0.717, 1.165) is 38.3 Å². The van der Waals surface area contributed by atoms with Gasteiger partial charge in [-0.2, -0.15) is 13.2 Å². The number of para-hydroxylation sites is 1. The van der Waals surface area contributed by atoms with Gasteiger partial charge < -0.3 is 19.4 Å². The first kappa shape index (κ1) is 30.7. The van der Waals surface area contributed by atoms with Crippen LogP contribution in [0.5, 0.6) is 0 Å². The fraction of sp³-hybridized carbons (Fsp3) is 0.548. The highest BCUT2D eigenvalue weighted by Crippen LogP contribution is 2.39. The van der Waals surface area contributed by atoms with Gasteiger partial charge in [-0.05, 0) is 57.4 Å². The van der Waals surface area contributed by atoms with Crippen LogP contribution < -0.4 is 4.90 Å². The Bertz CT molecular complexity index is 1180. The Morgan fingerprint density at radius 3 is 2.12 bits per heavy atom. The average Bonchev–Trinajstić information content (AvgIpc) is 2.95. The number of rotatable bonds is 6. The minimum atomic E-state index is -4.48. The van der Waals surface area contributed by atoms with Crippen molar-refractivity contribution in [3.05, 3.63) is 65.7 Å². The largest absolute Gasteiger partial charge is 0.448 e. The summed E-state index contributed by atoms with van der Waals surface area (Å²) in [5.74, 6) is 0.0141. The summed E-state index contributed by atoms with van der Waals surface area (Å²) < 4.78 is 46.4. The second-order valence-corrected chi connectivity index (χ2v) is 12.1. The molecule has 0 atom stereocenters. The molecule has 224 valence electrons. The molecule has 7 nitrogen and oxygen atoms in total. The Balaban J connectivity index is 1.41. The van der Waals surface area contributed by atoms with Crippen LogP contribution in [0.1, 0.15) is 44.7 Å². The Morgan fingerprint density at radius 1 is 0.902 bits per heavy atom. The molecule has 10 heteroatoms. The van der Waals surface area contributed by atoms with E-state index in [4.69, 9.17) is 4.74 Å². The van der Waals surface area contributed by atoms with Crippen molar-refractivity contribution in [1.29, 1.82) is 0 Å². The maximum Gasteiger partial charge on any atom is 0.416 e. The van der Waals surface area contributed by atoms with E-state index < -0.39 is 28.8 Å². The highest BCUT2D eigenvalue weighted by atomic mass is 19.4. The number of hydrogen-bond acceptors (Lipinski definition) is 5. The summed E-state index contributed by atoms with van der Waals surface area (Å²) in [5.41, 5.74) is -0.380. The summed E-state index contributed by atoms with van der Waals surface area (Å²) in [4.78, 5) is 33.8. The minimum Gasteiger partial charge on any atom is -0.448 e. The quantitative estimate of drug-likeness (QED) is 0.472. The van der Waals surface area contributed by atoms with Crippen LogP contribution in [0.3, 0.4) is 0 Å². The van der Waals surface area contributed by atoms with Crippen molar-refractivity contribution in [1.82, 2.24) is 14.7 Å². The van der Waals surface area contributed by atoms with Gasteiger partial charge in [0.2, 0.25) is 5.91 Å². The molecular weight excluding hydrogens is 533 g/mol. The summed E-state index contributed by atoms with van der Waals surface area (Å²) in [6, 6.07) is 15.5. The molecule has 0 aromatic heterocycles. The number of halogens is 3. The van der Waals surface area contributed by atoms with E-state index in [1.807, 2.05) is 39.0 Å². The van der Waals surface area contributed by atoms with Crippen LogP contribution in [-0.2, 0) is 21.1 Å². The number of likely N-dealkylation sites (tertiary alicyclic amines) is 1. The van der Waals surface area contributed by atoms with E-state index in [1.54, 1.807) is 18.0 Å². The Hall–Kier alpha value is -3.27. The smallest absolute Gasteiger partial charge is 0.416 e. The highest BCUT2D eigenvalue weighted by molar-refractivity contribution is 5.78. The third kappa shape index (κ3) is 7.52. The van der Waals surface area contributed by atoms with Crippen molar-refractivity contribution < 1.29 is 27.5 Å².